The summed E-state index contributed by atoms with van der Waals surface area (Å²) >= 11 is 17.8. The van der Waals surface area contributed by atoms with Crippen LogP contribution in [0, 0.1) is 0 Å². The van der Waals surface area contributed by atoms with Crippen LogP contribution in [0.1, 0.15) is 10.5 Å². The number of aromatic nitrogens is 2. The second kappa shape index (κ2) is 6.62. The number of carbonyl (C=O) groups is 1. The molecule has 0 fully saturated rings. The summed E-state index contributed by atoms with van der Waals surface area (Å²) in [4.78, 5) is 12.3. The monoisotopic (exact) mass is 365 g/mol. The Morgan fingerprint density at radius 1 is 1.00 bits per heavy atom. The van der Waals surface area contributed by atoms with Crippen LogP contribution in [0.15, 0.2) is 48.5 Å². The van der Waals surface area contributed by atoms with E-state index in [1.54, 1.807) is 36.4 Å². The molecule has 0 saturated heterocycles. The van der Waals surface area contributed by atoms with Gasteiger partial charge in [0.1, 0.15) is 5.69 Å². The summed E-state index contributed by atoms with van der Waals surface area (Å²) in [6.07, 6.45) is 0. The Morgan fingerprint density at radius 2 is 1.78 bits per heavy atom. The van der Waals surface area contributed by atoms with Gasteiger partial charge in [0.05, 0.1) is 16.4 Å². The van der Waals surface area contributed by atoms with Gasteiger partial charge in [-0.15, -0.1) is 0 Å². The normalized spacial score (nSPS) is 10.6. The van der Waals surface area contributed by atoms with Crippen molar-refractivity contribution in [3.63, 3.8) is 0 Å². The van der Waals surface area contributed by atoms with Gasteiger partial charge in [-0.3, -0.25) is 9.89 Å². The van der Waals surface area contributed by atoms with Gasteiger partial charge < -0.3 is 5.32 Å². The number of nitrogens with zero attached hydrogens (tertiary/aromatic N) is 1. The first-order chi connectivity index (χ1) is 11.0. The van der Waals surface area contributed by atoms with E-state index in [0.29, 0.717) is 32.1 Å². The molecule has 0 saturated carbocycles. The average molecular weight is 367 g/mol. The summed E-state index contributed by atoms with van der Waals surface area (Å²) in [6, 6.07) is 13.7. The first-order valence-electron chi connectivity index (χ1n) is 6.61. The number of halogens is 3. The number of benzene rings is 2. The van der Waals surface area contributed by atoms with Crippen molar-refractivity contribution in [3.8, 4) is 11.3 Å². The van der Waals surface area contributed by atoms with Crippen LogP contribution < -0.4 is 5.32 Å². The van der Waals surface area contributed by atoms with Gasteiger partial charge >= 0.3 is 0 Å². The van der Waals surface area contributed by atoms with Gasteiger partial charge in [0.2, 0.25) is 0 Å². The van der Waals surface area contributed by atoms with Crippen LogP contribution >= 0.6 is 34.8 Å². The molecule has 3 aromatic rings. The van der Waals surface area contributed by atoms with Crippen molar-refractivity contribution in [2.45, 2.75) is 0 Å². The highest BCUT2D eigenvalue weighted by atomic mass is 35.5. The van der Waals surface area contributed by atoms with E-state index < -0.39 is 0 Å². The zero-order valence-corrected chi connectivity index (χ0v) is 13.9. The quantitative estimate of drug-likeness (QED) is 0.661. The van der Waals surface area contributed by atoms with Gasteiger partial charge in [-0.05, 0) is 36.4 Å². The molecule has 1 aromatic heterocycles. The molecule has 2 N–H and O–H groups in total. The van der Waals surface area contributed by atoms with Crippen molar-refractivity contribution in [3.05, 3.63) is 69.3 Å². The molecule has 23 heavy (non-hydrogen) atoms. The van der Waals surface area contributed by atoms with Gasteiger partial charge in [0.25, 0.3) is 5.91 Å². The minimum Gasteiger partial charge on any atom is -0.319 e. The van der Waals surface area contributed by atoms with Crippen molar-refractivity contribution < 1.29 is 4.79 Å². The SMILES string of the molecule is O=C(Nc1ccc(Cl)cc1Cl)c1cc(-c2cccc(Cl)c2)n[nH]1. The predicted octanol–water partition coefficient (Wildman–Crippen LogP) is 5.29. The minimum atomic E-state index is -0.352. The fourth-order valence-electron chi connectivity index (χ4n) is 2.01. The molecule has 0 aliphatic carbocycles. The molecule has 7 heteroatoms. The number of carbonyl (C=O) groups excluding carboxylic acids is 1. The molecule has 0 atom stereocenters. The van der Waals surface area contributed by atoms with Crippen LogP contribution in [0.2, 0.25) is 15.1 Å². The highest BCUT2D eigenvalue weighted by molar-refractivity contribution is 6.36. The number of rotatable bonds is 3. The van der Waals surface area contributed by atoms with Crippen molar-refractivity contribution >= 4 is 46.4 Å². The first kappa shape index (κ1) is 15.9. The molecule has 0 bridgehead atoms. The second-order valence-corrected chi connectivity index (χ2v) is 6.04. The maximum Gasteiger partial charge on any atom is 0.273 e. The van der Waals surface area contributed by atoms with E-state index in [1.807, 2.05) is 12.1 Å². The molecule has 0 unspecified atom stereocenters. The summed E-state index contributed by atoms with van der Waals surface area (Å²) in [5, 5.41) is 11.0. The predicted molar refractivity (Wildman–Crippen MR) is 93.4 cm³/mol. The Morgan fingerprint density at radius 3 is 2.52 bits per heavy atom. The fraction of sp³-hybridized carbons (Fsp3) is 0. The number of anilines is 1. The Labute approximate surface area is 147 Å². The van der Waals surface area contributed by atoms with Crippen LogP contribution in [0.3, 0.4) is 0 Å². The first-order valence-corrected chi connectivity index (χ1v) is 7.74. The van der Waals surface area contributed by atoms with Crippen LogP contribution in [0.5, 0.6) is 0 Å². The van der Waals surface area contributed by atoms with Crippen molar-refractivity contribution in [2.75, 3.05) is 5.32 Å². The maximum absolute atomic E-state index is 12.3. The van der Waals surface area contributed by atoms with E-state index in [9.17, 15) is 4.79 Å². The zero-order chi connectivity index (χ0) is 16.4. The lowest BCUT2D eigenvalue weighted by molar-refractivity contribution is 0.102. The van der Waals surface area contributed by atoms with Crippen molar-refractivity contribution in [2.24, 2.45) is 0 Å². The third-order valence-electron chi connectivity index (χ3n) is 3.12. The molecule has 0 spiro atoms. The smallest absolute Gasteiger partial charge is 0.273 e. The lowest BCUT2D eigenvalue weighted by Crippen LogP contribution is -2.12. The van der Waals surface area contributed by atoms with E-state index in [-0.39, 0.29) is 5.91 Å². The third-order valence-corrected chi connectivity index (χ3v) is 3.91. The van der Waals surface area contributed by atoms with E-state index >= 15 is 0 Å². The van der Waals surface area contributed by atoms with E-state index in [4.69, 9.17) is 34.8 Å². The van der Waals surface area contributed by atoms with Crippen LogP contribution in [0.4, 0.5) is 5.69 Å². The van der Waals surface area contributed by atoms with E-state index in [2.05, 4.69) is 15.5 Å². The number of aromatic amines is 1. The molecule has 1 heterocycles. The number of amides is 1. The molecular formula is C16H10Cl3N3O. The van der Waals surface area contributed by atoms with Crippen LogP contribution in [0.25, 0.3) is 11.3 Å². The Kier molecular flexibility index (Phi) is 4.57. The molecule has 116 valence electrons. The van der Waals surface area contributed by atoms with Crippen molar-refractivity contribution in [1.29, 1.82) is 0 Å². The van der Waals surface area contributed by atoms with E-state index in [1.165, 1.54) is 0 Å². The molecule has 0 aliphatic heterocycles. The molecular weight excluding hydrogens is 357 g/mol. The van der Waals surface area contributed by atoms with Gasteiger partial charge in [-0.2, -0.15) is 5.10 Å². The maximum atomic E-state index is 12.3. The molecule has 1 amide bonds. The number of hydrogen-bond acceptors (Lipinski definition) is 2. The summed E-state index contributed by atoms with van der Waals surface area (Å²) < 4.78 is 0. The lowest BCUT2D eigenvalue weighted by Gasteiger charge is -2.05. The number of nitrogens with one attached hydrogen (secondary N) is 2. The van der Waals surface area contributed by atoms with Crippen molar-refractivity contribution in [1.82, 2.24) is 10.2 Å². The largest absolute Gasteiger partial charge is 0.319 e. The van der Waals surface area contributed by atoms with Crippen LogP contribution in [-0.4, -0.2) is 16.1 Å². The highest BCUT2D eigenvalue weighted by Crippen LogP contribution is 2.26. The summed E-state index contributed by atoms with van der Waals surface area (Å²) in [7, 11) is 0. The topological polar surface area (TPSA) is 57.8 Å². The van der Waals surface area contributed by atoms with Gasteiger partial charge in [-0.1, -0.05) is 46.9 Å². The molecule has 0 radical (unpaired) electrons. The minimum absolute atomic E-state index is 0.311. The Bertz CT molecular complexity index is 877. The number of H-pyrrole nitrogens is 1. The summed E-state index contributed by atoms with van der Waals surface area (Å²) in [5.41, 5.74) is 2.23. The van der Waals surface area contributed by atoms with Gasteiger partial charge in [0.15, 0.2) is 0 Å². The summed E-state index contributed by atoms with van der Waals surface area (Å²) in [6.45, 7) is 0. The van der Waals surface area contributed by atoms with Gasteiger partial charge in [0, 0.05) is 15.6 Å². The average Bonchev–Trinajstić information content (AvgIpc) is 3.00. The Balaban J connectivity index is 1.81. The molecule has 2 aromatic carbocycles. The standard InChI is InChI=1S/C16H10Cl3N3O/c17-10-3-1-2-9(6-10)14-8-15(22-21-14)16(23)20-13-5-4-11(18)7-12(13)19/h1-8H,(H,20,23)(H,21,22). The van der Waals surface area contributed by atoms with Gasteiger partial charge in [-0.25, -0.2) is 0 Å². The number of hydrogen-bond donors (Lipinski definition) is 2. The van der Waals surface area contributed by atoms with Crippen LogP contribution in [-0.2, 0) is 0 Å². The summed E-state index contributed by atoms with van der Waals surface area (Å²) in [5.74, 6) is -0.352. The third kappa shape index (κ3) is 3.67. The molecule has 4 nitrogen and oxygen atoms in total. The zero-order valence-electron chi connectivity index (χ0n) is 11.6. The molecule has 0 aliphatic rings. The van der Waals surface area contributed by atoms with E-state index in [0.717, 1.165) is 5.56 Å². The lowest BCUT2D eigenvalue weighted by atomic mass is 10.1. The fourth-order valence-corrected chi connectivity index (χ4v) is 2.66. The Hall–Kier alpha value is -2.01. The molecule has 3 rings (SSSR count). The second-order valence-electron chi connectivity index (χ2n) is 4.76. The highest BCUT2D eigenvalue weighted by Gasteiger charge is 2.13.